The Morgan fingerprint density at radius 3 is 0.871 bits per heavy atom. The molecule has 0 saturated heterocycles. The van der Waals surface area contributed by atoms with Gasteiger partial charge in [-0.2, -0.15) is 0 Å². The highest BCUT2D eigenvalue weighted by atomic mass is 15.2. The van der Waals surface area contributed by atoms with Gasteiger partial charge in [-0.1, -0.05) is 152 Å². The maximum atomic E-state index is 2.55. The molecule has 0 aliphatic heterocycles. The monoisotopic (exact) mass is 906 g/mol. The molecule has 4 aromatic heterocycles. The summed E-state index contributed by atoms with van der Waals surface area (Å²) in [7, 11) is 0. The molecule has 0 fully saturated rings. The summed E-state index contributed by atoms with van der Waals surface area (Å²) in [6, 6.07) is 69.4. The fraction of sp³-hybridized carbons (Fsp3) is 0.182. The van der Waals surface area contributed by atoms with Crippen LogP contribution in [0.15, 0.2) is 182 Å². The van der Waals surface area contributed by atoms with Gasteiger partial charge in [0.1, 0.15) is 0 Å². The Hall–Kier alpha value is -7.82. The van der Waals surface area contributed by atoms with Crippen molar-refractivity contribution in [3.05, 3.63) is 204 Å². The van der Waals surface area contributed by atoms with E-state index in [1.54, 1.807) is 0 Å². The molecule has 0 atom stereocenters. The smallest absolute Gasteiger partial charge is 0.0621 e. The van der Waals surface area contributed by atoms with Crippen molar-refractivity contribution in [1.82, 2.24) is 8.80 Å². The van der Waals surface area contributed by atoms with E-state index in [0.717, 1.165) is 22.7 Å². The topological polar surface area (TPSA) is 15.3 Å². The summed E-state index contributed by atoms with van der Waals surface area (Å²) < 4.78 is 5.11. The first-order valence-corrected chi connectivity index (χ1v) is 25.4. The quantitative estimate of drug-likeness (QED) is 0.136. The van der Waals surface area contributed by atoms with E-state index in [2.05, 4.69) is 256 Å². The lowest BCUT2D eigenvalue weighted by Gasteiger charge is -2.27. The third kappa shape index (κ3) is 6.21. The minimum atomic E-state index is 0.459. The fourth-order valence-corrected chi connectivity index (χ4v) is 11.8. The van der Waals surface area contributed by atoms with E-state index in [1.165, 1.54) is 110 Å². The Kier molecular flexibility index (Phi) is 9.59. The average molecular weight is 907 g/mol. The fourth-order valence-electron chi connectivity index (χ4n) is 11.8. The maximum Gasteiger partial charge on any atom is 0.0621 e. The predicted octanol–water partition coefficient (Wildman–Crippen LogP) is 19.4. The Morgan fingerprint density at radius 2 is 0.571 bits per heavy atom. The lowest BCUT2D eigenvalue weighted by Crippen LogP contribution is -2.10. The van der Waals surface area contributed by atoms with Crippen molar-refractivity contribution >= 4 is 110 Å². The molecule has 4 heterocycles. The van der Waals surface area contributed by atoms with Gasteiger partial charge in [-0.05, 0) is 131 Å². The van der Waals surface area contributed by atoms with Crippen LogP contribution in [0.5, 0.6) is 0 Å². The van der Waals surface area contributed by atoms with E-state index in [1.807, 2.05) is 0 Å². The minimum absolute atomic E-state index is 0.459. The Balaban J connectivity index is 1.04. The molecule has 4 nitrogen and oxygen atoms in total. The second-order valence-electron chi connectivity index (χ2n) is 21.0. The van der Waals surface area contributed by atoms with Gasteiger partial charge in [0.2, 0.25) is 0 Å². The van der Waals surface area contributed by atoms with Crippen molar-refractivity contribution in [2.45, 2.75) is 79.1 Å². The van der Waals surface area contributed by atoms with Gasteiger partial charge in [0.05, 0.1) is 44.5 Å². The first-order valence-electron chi connectivity index (χ1n) is 25.4. The molecule has 9 aromatic carbocycles. The number of benzene rings is 9. The third-order valence-electron chi connectivity index (χ3n) is 15.5. The summed E-state index contributed by atoms with van der Waals surface area (Å²) in [4.78, 5) is 4.93. The molecule has 4 heteroatoms. The van der Waals surface area contributed by atoms with Crippen LogP contribution < -0.4 is 9.80 Å². The molecule has 0 saturated carbocycles. The summed E-state index contributed by atoms with van der Waals surface area (Å²) in [5, 5.41) is 10.2. The predicted molar refractivity (Wildman–Crippen MR) is 301 cm³/mol. The van der Waals surface area contributed by atoms with Crippen LogP contribution in [0.4, 0.5) is 34.1 Å². The van der Waals surface area contributed by atoms with E-state index in [-0.39, 0.29) is 0 Å². The molecule has 0 unspecified atom stereocenters. The summed E-state index contributed by atoms with van der Waals surface area (Å²) in [6.07, 6.45) is 0. The summed E-state index contributed by atoms with van der Waals surface area (Å²) >= 11 is 0. The first-order chi connectivity index (χ1) is 34.0. The van der Waals surface area contributed by atoms with Crippen LogP contribution >= 0.6 is 0 Å². The number of aromatic nitrogens is 2. The molecular formula is C66H58N4. The zero-order valence-electron chi connectivity index (χ0n) is 41.4. The number of fused-ring (bicyclic) bond motifs is 12. The van der Waals surface area contributed by atoms with Crippen molar-refractivity contribution in [2.75, 3.05) is 9.80 Å². The molecular weight excluding hydrogens is 849 g/mol. The number of anilines is 6. The van der Waals surface area contributed by atoms with Crippen LogP contribution in [0.2, 0.25) is 0 Å². The number of hydrogen-bond acceptors (Lipinski definition) is 2. The number of hydrogen-bond donors (Lipinski definition) is 0. The molecule has 0 aliphatic rings. The zero-order valence-corrected chi connectivity index (χ0v) is 41.4. The summed E-state index contributed by atoms with van der Waals surface area (Å²) in [6.45, 7) is 18.1. The van der Waals surface area contributed by atoms with Gasteiger partial charge in [0.25, 0.3) is 0 Å². The highest BCUT2D eigenvalue weighted by Crippen LogP contribution is 2.50. The Morgan fingerprint density at radius 1 is 0.286 bits per heavy atom. The van der Waals surface area contributed by atoms with Crippen molar-refractivity contribution < 1.29 is 0 Å². The molecule has 70 heavy (non-hydrogen) atoms. The van der Waals surface area contributed by atoms with Gasteiger partial charge in [-0.3, -0.25) is 0 Å². The van der Waals surface area contributed by atoms with Gasteiger partial charge >= 0.3 is 0 Å². The molecule has 13 rings (SSSR count). The molecule has 13 aromatic rings. The van der Waals surface area contributed by atoms with Crippen LogP contribution in [0.25, 0.3) is 76.2 Å². The second-order valence-corrected chi connectivity index (χ2v) is 21.0. The van der Waals surface area contributed by atoms with Crippen molar-refractivity contribution in [2.24, 2.45) is 0 Å². The zero-order chi connectivity index (χ0) is 47.7. The van der Waals surface area contributed by atoms with Crippen LogP contribution in [-0.4, -0.2) is 8.80 Å². The second kappa shape index (κ2) is 15.9. The van der Waals surface area contributed by atoms with Crippen LogP contribution in [0.3, 0.4) is 0 Å². The van der Waals surface area contributed by atoms with E-state index in [0.29, 0.717) is 23.7 Å². The standard InChI is InChI=1S/C66H58N4/c1-39(2)43-21-29-47(30-22-43)67(48-31-23-44(24-32-48)40(3)4)57-17-11-19-59-63(57)53-15-9-13-51-55-38-62-56(37-61(55)69(59)65(51)53)52-14-10-16-54-64-58(18-12-20-60(64)70(62)66(52)54)68(49-33-25-45(26-34-49)41(5)6)50-35-27-46(28-36-50)42(7)8/h9-42H,1-8H3. The normalized spacial score (nSPS) is 12.5. The van der Waals surface area contributed by atoms with Gasteiger partial charge in [0.15, 0.2) is 0 Å². The molecule has 0 bridgehead atoms. The number of rotatable bonds is 10. The summed E-state index contributed by atoms with van der Waals surface area (Å²) in [5.41, 5.74) is 19.8. The van der Waals surface area contributed by atoms with Gasteiger partial charge < -0.3 is 18.6 Å². The average Bonchev–Trinajstić information content (AvgIpc) is 4.11. The molecule has 0 radical (unpaired) electrons. The lowest BCUT2D eigenvalue weighted by atomic mass is 10.0. The highest BCUT2D eigenvalue weighted by molar-refractivity contribution is 6.31. The van der Waals surface area contributed by atoms with Crippen molar-refractivity contribution in [3.8, 4) is 0 Å². The van der Waals surface area contributed by atoms with E-state index in [4.69, 9.17) is 0 Å². The van der Waals surface area contributed by atoms with E-state index in [9.17, 15) is 0 Å². The highest BCUT2D eigenvalue weighted by Gasteiger charge is 2.27. The molecule has 0 N–H and O–H groups in total. The van der Waals surface area contributed by atoms with Crippen molar-refractivity contribution in [3.63, 3.8) is 0 Å². The Labute approximate surface area is 410 Å². The maximum absolute atomic E-state index is 2.55. The van der Waals surface area contributed by atoms with Crippen LogP contribution in [-0.2, 0) is 0 Å². The Bertz CT molecular complexity index is 3720. The van der Waals surface area contributed by atoms with Gasteiger partial charge in [-0.15, -0.1) is 0 Å². The third-order valence-corrected chi connectivity index (χ3v) is 15.5. The van der Waals surface area contributed by atoms with Gasteiger partial charge in [0, 0.05) is 65.8 Å². The lowest BCUT2D eigenvalue weighted by molar-refractivity contribution is 0.866. The first kappa shape index (κ1) is 42.3. The van der Waals surface area contributed by atoms with Crippen molar-refractivity contribution in [1.29, 1.82) is 0 Å². The molecule has 342 valence electrons. The number of nitrogens with zero attached hydrogens (tertiary/aromatic N) is 4. The van der Waals surface area contributed by atoms with E-state index < -0.39 is 0 Å². The minimum Gasteiger partial charge on any atom is -0.310 e. The molecule has 0 spiro atoms. The molecule has 0 aliphatic carbocycles. The van der Waals surface area contributed by atoms with Crippen LogP contribution in [0.1, 0.15) is 101 Å². The summed E-state index contributed by atoms with van der Waals surface area (Å²) in [5.74, 6) is 1.83. The largest absolute Gasteiger partial charge is 0.310 e. The van der Waals surface area contributed by atoms with E-state index >= 15 is 0 Å². The molecule has 0 amide bonds. The SMILES string of the molecule is CC(C)c1ccc(N(c2ccc(C(C)C)cc2)c2cccc3c2c2cccc4c5cc6c(cc5n3c42)c2cccc3c4c(N(c5ccc(C(C)C)cc5)c5ccc(C(C)C)cc5)cccc4n6c23)cc1. The number of para-hydroxylation sites is 2. The van der Waals surface area contributed by atoms with Crippen LogP contribution in [0, 0.1) is 0 Å². The van der Waals surface area contributed by atoms with Gasteiger partial charge in [-0.25, -0.2) is 0 Å².